The topological polar surface area (TPSA) is 72.3 Å². The Balaban J connectivity index is 0.00000162. The standard InChI is InChI=1S/C12H19N3OS.ClH/c1-12(7-13)2-3-15(8-12)5-10-4-9(6-17-10)11(14)16;/h4,6H,2-3,5,7-8,13H2,1H3,(H2,14,16);1H. The molecule has 0 saturated carbocycles. The summed E-state index contributed by atoms with van der Waals surface area (Å²) in [5.74, 6) is -0.347. The fraction of sp³-hybridized carbons (Fsp3) is 0.583. The molecule has 0 aromatic carbocycles. The van der Waals surface area contributed by atoms with Crippen molar-refractivity contribution in [2.75, 3.05) is 19.6 Å². The molecular weight excluding hydrogens is 270 g/mol. The quantitative estimate of drug-likeness (QED) is 0.881. The van der Waals surface area contributed by atoms with Crippen LogP contribution in [0.1, 0.15) is 28.6 Å². The molecule has 1 aliphatic rings. The predicted octanol–water partition coefficient (Wildman–Crippen LogP) is 1.44. The number of rotatable bonds is 4. The molecule has 1 aliphatic heterocycles. The van der Waals surface area contributed by atoms with Gasteiger partial charge in [-0.2, -0.15) is 0 Å². The van der Waals surface area contributed by atoms with Crippen LogP contribution >= 0.6 is 23.7 Å². The average molecular weight is 290 g/mol. The number of hydrogen-bond acceptors (Lipinski definition) is 4. The Morgan fingerprint density at radius 3 is 2.83 bits per heavy atom. The summed E-state index contributed by atoms with van der Waals surface area (Å²) in [5.41, 5.74) is 11.9. The lowest BCUT2D eigenvalue weighted by atomic mass is 9.90. The van der Waals surface area contributed by atoms with Gasteiger partial charge in [0.05, 0.1) is 5.56 Å². The highest BCUT2D eigenvalue weighted by atomic mass is 35.5. The molecule has 0 bridgehead atoms. The Morgan fingerprint density at radius 2 is 2.33 bits per heavy atom. The summed E-state index contributed by atoms with van der Waals surface area (Å²) in [4.78, 5) is 14.6. The molecule has 4 nitrogen and oxygen atoms in total. The molecule has 1 aromatic rings. The molecule has 1 saturated heterocycles. The highest BCUT2D eigenvalue weighted by Gasteiger charge is 2.32. The van der Waals surface area contributed by atoms with Gasteiger partial charge in [0.2, 0.25) is 5.91 Å². The Morgan fingerprint density at radius 1 is 1.61 bits per heavy atom. The van der Waals surface area contributed by atoms with Crippen LogP contribution in [-0.2, 0) is 6.54 Å². The maximum absolute atomic E-state index is 11.0. The van der Waals surface area contributed by atoms with Gasteiger partial charge in [-0.3, -0.25) is 9.69 Å². The third kappa shape index (κ3) is 3.45. The van der Waals surface area contributed by atoms with Crippen molar-refractivity contribution >= 4 is 29.7 Å². The van der Waals surface area contributed by atoms with E-state index in [1.807, 2.05) is 11.4 Å². The third-order valence-corrected chi connectivity index (χ3v) is 4.37. The van der Waals surface area contributed by atoms with E-state index in [0.717, 1.165) is 32.6 Å². The zero-order valence-corrected chi connectivity index (χ0v) is 12.1. The number of hydrogen-bond donors (Lipinski definition) is 2. The highest BCUT2D eigenvalue weighted by Crippen LogP contribution is 2.30. The molecule has 0 radical (unpaired) electrons. The van der Waals surface area contributed by atoms with E-state index >= 15 is 0 Å². The minimum Gasteiger partial charge on any atom is -0.366 e. The van der Waals surface area contributed by atoms with E-state index in [1.54, 1.807) is 11.3 Å². The highest BCUT2D eigenvalue weighted by molar-refractivity contribution is 7.10. The van der Waals surface area contributed by atoms with Crippen molar-refractivity contribution in [3.63, 3.8) is 0 Å². The van der Waals surface area contributed by atoms with Crippen molar-refractivity contribution < 1.29 is 4.79 Å². The van der Waals surface area contributed by atoms with Gasteiger partial charge < -0.3 is 11.5 Å². The van der Waals surface area contributed by atoms with Gasteiger partial charge in [-0.15, -0.1) is 23.7 Å². The van der Waals surface area contributed by atoms with Crippen molar-refractivity contribution in [3.05, 3.63) is 21.9 Å². The lowest BCUT2D eigenvalue weighted by molar-refractivity contribution is 0.100. The average Bonchev–Trinajstić information content (AvgIpc) is 2.87. The minimum absolute atomic E-state index is 0. The zero-order valence-electron chi connectivity index (χ0n) is 10.5. The Labute approximate surface area is 118 Å². The molecule has 1 fully saturated rings. The maximum atomic E-state index is 11.0. The number of nitrogens with zero attached hydrogens (tertiary/aromatic N) is 1. The van der Waals surface area contributed by atoms with Crippen molar-refractivity contribution in [2.24, 2.45) is 16.9 Å². The predicted molar refractivity (Wildman–Crippen MR) is 77.1 cm³/mol. The fourth-order valence-electron chi connectivity index (χ4n) is 2.24. The van der Waals surface area contributed by atoms with Crippen LogP contribution < -0.4 is 11.5 Å². The van der Waals surface area contributed by atoms with Gasteiger partial charge >= 0.3 is 0 Å². The van der Waals surface area contributed by atoms with E-state index in [1.165, 1.54) is 4.88 Å². The normalized spacial score (nSPS) is 23.9. The Bertz CT molecular complexity index is 423. The number of primary amides is 1. The molecule has 0 spiro atoms. The van der Waals surface area contributed by atoms with E-state index in [9.17, 15) is 4.79 Å². The molecule has 2 heterocycles. The summed E-state index contributed by atoms with van der Waals surface area (Å²) in [6.45, 7) is 5.98. The fourth-order valence-corrected chi connectivity index (χ4v) is 3.16. The van der Waals surface area contributed by atoms with Gasteiger partial charge in [0.15, 0.2) is 0 Å². The first-order valence-corrected chi connectivity index (χ1v) is 6.70. The van der Waals surface area contributed by atoms with Crippen LogP contribution in [0.2, 0.25) is 0 Å². The number of halogens is 1. The number of carbonyl (C=O) groups is 1. The van der Waals surface area contributed by atoms with E-state index in [0.29, 0.717) is 5.56 Å². The second-order valence-electron chi connectivity index (χ2n) is 5.14. The lowest BCUT2D eigenvalue weighted by Gasteiger charge is -2.22. The van der Waals surface area contributed by atoms with E-state index in [2.05, 4.69) is 11.8 Å². The van der Waals surface area contributed by atoms with Crippen LogP contribution in [0.3, 0.4) is 0 Å². The van der Waals surface area contributed by atoms with Crippen molar-refractivity contribution in [2.45, 2.75) is 19.9 Å². The van der Waals surface area contributed by atoms with Crippen LogP contribution in [0.4, 0.5) is 0 Å². The van der Waals surface area contributed by atoms with Gasteiger partial charge in [0.25, 0.3) is 0 Å². The first-order valence-electron chi connectivity index (χ1n) is 5.82. The summed E-state index contributed by atoms with van der Waals surface area (Å²) < 4.78 is 0. The second kappa shape index (κ2) is 6.02. The Kier molecular flexibility index (Phi) is 5.16. The summed E-state index contributed by atoms with van der Waals surface area (Å²) in [6, 6.07) is 1.89. The molecule has 1 amide bonds. The molecule has 4 N–H and O–H groups in total. The van der Waals surface area contributed by atoms with Gasteiger partial charge in [-0.1, -0.05) is 6.92 Å². The molecule has 2 rings (SSSR count). The van der Waals surface area contributed by atoms with E-state index in [-0.39, 0.29) is 23.7 Å². The molecule has 6 heteroatoms. The van der Waals surface area contributed by atoms with E-state index in [4.69, 9.17) is 11.5 Å². The minimum atomic E-state index is -0.347. The largest absolute Gasteiger partial charge is 0.366 e. The van der Waals surface area contributed by atoms with Crippen LogP contribution in [0.25, 0.3) is 0 Å². The monoisotopic (exact) mass is 289 g/mol. The summed E-state index contributed by atoms with van der Waals surface area (Å²) in [6.07, 6.45) is 1.15. The van der Waals surface area contributed by atoms with Crippen molar-refractivity contribution in [1.29, 1.82) is 0 Å². The maximum Gasteiger partial charge on any atom is 0.249 e. The van der Waals surface area contributed by atoms with E-state index < -0.39 is 0 Å². The first-order chi connectivity index (χ1) is 8.02. The molecule has 18 heavy (non-hydrogen) atoms. The Hall–Kier alpha value is -0.620. The summed E-state index contributed by atoms with van der Waals surface area (Å²) in [5, 5.41) is 1.83. The number of nitrogens with two attached hydrogens (primary N) is 2. The molecular formula is C12H20ClN3OS. The van der Waals surface area contributed by atoms with Gasteiger partial charge in [-0.25, -0.2) is 0 Å². The van der Waals surface area contributed by atoms with Crippen LogP contribution in [0.15, 0.2) is 11.4 Å². The number of amides is 1. The SMILES string of the molecule is CC1(CN)CCN(Cc2cc(C(N)=O)cs2)C1.Cl. The molecule has 0 aliphatic carbocycles. The van der Waals surface area contributed by atoms with Gasteiger partial charge in [0.1, 0.15) is 0 Å². The number of thiophene rings is 1. The molecule has 1 aromatic heterocycles. The van der Waals surface area contributed by atoms with Crippen LogP contribution in [0.5, 0.6) is 0 Å². The molecule has 102 valence electrons. The third-order valence-electron chi connectivity index (χ3n) is 3.45. The number of likely N-dealkylation sites (tertiary alicyclic amines) is 1. The first kappa shape index (κ1) is 15.4. The second-order valence-corrected chi connectivity index (χ2v) is 6.14. The van der Waals surface area contributed by atoms with Crippen LogP contribution in [-0.4, -0.2) is 30.4 Å². The van der Waals surface area contributed by atoms with Gasteiger partial charge in [0, 0.05) is 23.3 Å². The zero-order chi connectivity index (χ0) is 12.5. The number of carbonyl (C=O) groups excluding carboxylic acids is 1. The summed E-state index contributed by atoms with van der Waals surface area (Å²) >= 11 is 1.60. The smallest absolute Gasteiger partial charge is 0.249 e. The lowest BCUT2D eigenvalue weighted by Crippen LogP contribution is -2.30. The van der Waals surface area contributed by atoms with Crippen LogP contribution in [0, 0.1) is 5.41 Å². The molecule has 1 unspecified atom stereocenters. The summed E-state index contributed by atoms with van der Waals surface area (Å²) in [7, 11) is 0. The molecule has 1 atom stereocenters. The van der Waals surface area contributed by atoms with Gasteiger partial charge in [-0.05, 0) is 31.0 Å². The van der Waals surface area contributed by atoms with Crippen molar-refractivity contribution in [1.82, 2.24) is 4.90 Å². The van der Waals surface area contributed by atoms with Crippen molar-refractivity contribution in [3.8, 4) is 0 Å².